The maximum Gasteiger partial charge on any atom is 0.317 e. The highest BCUT2D eigenvalue weighted by atomic mass is 16.5. The lowest BCUT2D eigenvalue weighted by Gasteiger charge is -2.44. The fourth-order valence-corrected chi connectivity index (χ4v) is 3.37. The van der Waals surface area contributed by atoms with E-state index in [1.165, 1.54) is 0 Å². The van der Waals surface area contributed by atoms with Gasteiger partial charge in [-0.05, 0) is 31.0 Å². The molecule has 0 aromatic heterocycles. The second kappa shape index (κ2) is 5.39. The molecule has 1 aromatic carbocycles. The number of hydrogen-bond acceptors (Lipinski definition) is 4. The lowest BCUT2D eigenvalue weighted by molar-refractivity contribution is -0.139. The summed E-state index contributed by atoms with van der Waals surface area (Å²) in [5, 5.41) is 8.88. The maximum absolute atomic E-state index is 12.5. The number of nitrogens with zero attached hydrogens (tertiary/aromatic N) is 1. The van der Waals surface area contributed by atoms with Crippen LogP contribution in [0.3, 0.4) is 0 Å². The van der Waals surface area contributed by atoms with Crippen LogP contribution in [0, 0.1) is 13.8 Å². The number of ether oxygens (including phenoxy) is 1. The lowest BCUT2D eigenvalue weighted by Crippen LogP contribution is -2.51. The van der Waals surface area contributed by atoms with Crippen molar-refractivity contribution < 1.29 is 19.4 Å². The quantitative estimate of drug-likeness (QED) is 0.907. The van der Waals surface area contributed by atoms with E-state index in [-0.39, 0.29) is 12.3 Å². The van der Waals surface area contributed by atoms with Crippen LogP contribution < -0.4 is 4.74 Å². The number of piperidine rings is 1. The Bertz CT molecular complexity index is 630. The third-order valence-electron chi connectivity index (χ3n) is 4.90. The molecule has 118 valence electrons. The highest BCUT2D eigenvalue weighted by Gasteiger charge is 2.43. The van der Waals surface area contributed by atoms with Gasteiger partial charge in [-0.1, -0.05) is 6.07 Å². The molecule has 0 saturated carbocycles. The van der Waals surface area contributed by atoms with Crippen molar-refractivity contribution in [2.75, 3.05) is 19.6 Å². The summed E-state index contributed by atoms with van der Waals surface area (Å²) >= 11 is 0. The predicted molar refractivity (Wildman–Crippen MR) is 81.5 cm³/mol. The van der Waals surface area contributed by atoms with Gasteiger partial charge in [0.05, 0.1) is 18.5 Å². The Kier molecular flexibility index (Phi) is 3.68. The topological polar surface area (TPSA) is 66.8 Å². The Balaban J connectivity index is 1.82. The molecule has 2 aliphatic heterocycles. The molecule has 0 unspecified atom stereocenters. The minimum atomic E-state index is -0.812. The largest absolute Gasteiger partial charge is 0.486 e. The minimum absolute atomic E-state index is 0.0543. The molecule has 1 fully saturated rings. The summed E-state index contributed by atoms with van der Waals surface area (Å²) < 4.78 is 6.30. The third kappa shape index (κ3) is 2.61. The number of hydrogen-bond donors (Lipinski definition) is 1. The molecular formula is C17H21NO4. The Morgan fingerprint density at radius 2 is 2.00 bits per heavy atom. The van der Waals surface area contributed by atoms with Crippen LogP contribution in [0.25, 0.3) is 0 Å². The van der Waals surface area contributed by atoms with Crippen molar-refractivity contribution in [1.82, 2.24) is 4.90 Å². The summed E-state index contributed by atoms with van der Waals surface area (Å²) in [4.78, 5) is 25.2. The number of carboxylic acid groups (broad SMARTS) is 1. The fourth-order valence-electron chi connectivity index (χ4n) is 3.37. The average Bonchev–Trinajstić information content (AvgIpc) is 2.46. The summed E-state index contributed by atoms with van der Waals surface area (Å²) in [6.07, 6.45) is 1.78. The van der Waals surface area contributed by atoms with E-state index < -0.39 is 11.6 Å². The van der Waals surface area contributed by atoms with Gasteiger partial charge in [-0.25, -0.2) is 0 Å². The van der Waals surface area contributed by atoms with Gasteiger partial charge in [-0.15, -0.1) is 0 Å². The van der Waals surface area contributed by atoms with E-state index >= 15 is 0 Å². The number of aliphatic carboxylic acids is 1. The molecule has 1 spiro atoms. The van der Waals surface area contributed by atoms with E-state index in [9.17, 15) is 9.59 Å². The van der Waals surface area contributed by atoms with Crippen LogP contribution in [0.1, 0.15) is 40.7 Å². The van der Waals surface area contributed by atoms with Crippen molar-refractivity contribution in [1.29, 1.82) is 0 Å². The molecule has 22 heavy (non-hydrogen) atoms. The van der Waals surface area contributed by atoms with E-state index in [1.54, 1.807) is 0 Å². The fraction of sp³-hybridized carbons (Fsp3) is 0.529. The Labute approximate surface area is 129 Å². The number of fused-ring (bicyclic) bond motifs is 1. The number of carboxylic acids is 1. The smallest absolute Gasteiger partial charge is 0.317 e. The van der Waals surface area contributed by atoms with E-state index in [2.05, 4.69) is 0 Å². The molecule has 0 aliphatic carbocycles. The Morgan fingerprint density at radius 1 is 1.32 bits per heavy atom. The molecule has 0 atom stereocenters. The van der Waals surface area contributed by atoms with Crippen LogP contribution >= 0.6 is 0 Å². The van der Waals surface area contributed by atoms with Gasteiger partial charge in [0.2, 0.25) is 0 Å². The zero-order valence-electron chi connectivity index (χ0n) is 13.0. The highest BCUT2D eigenvalue weighted by molar-refractivity contribution is 6.01. The molecule has 5 heteroatoms. The monoisotopic (exact) mass is 303 g/mol. The molecule has 0 radical (unpaired) electrons. The normalized spacial score (nSPS) is 20.5. The van der Waals surface area contributed by atoms with Crippen LogP contribution in [-0.4, -0.2) is 47.0 Å². The molecule has 1 saturated heterocycles. The zero-order valence-corrected chi connectivity index (χ0v) is 13.0. The average molecular weight is 303 g/mol. The molecule has 3 rings (SSSR count). The van der Waals surface area contributed by atoms with Gasteiger partial charge in [0, 0.05) is 25.9 Å². The highest BCUT2D eigenvalue weighted by Crippen LogP contribution is 2.41. The maximum atomic E-state index is 12.5. The number of benzene rings is 1. The first-order valence-corrected chi connectivity index (χ1v) is 7.67. The molecule has 1 N–H and O–H groups in total. The van der Waals surface area contributed by atoms with Gasteiger partial charge in [0.25, 0.3) is 0 Å². The van der Waals surface area contributed by atoms with Gasteiger partial charge in [-0.3, -0.25) is 14.5 Å². The number of likely N-dealkylation sites (tertiary alicyclic amines) is 1. The summed E-state index contributed by atoms with van der Waals surface area (Å²) in [5.41, 5.74) is 2.36. The van der Waals surface area contributed by atoms with Crippen LogP contribution in [0.2, 0.25) is 0 Å². The van der Waals surface area contributed by atoms with E-state index in [0.717, 1.165) is 16.9 Å². The number of ketones is 1. The summed E-state index contributed by atoms with van der Waals surface area (Å²) in [7, 11) is 0. The Hall–Kier alpha value is -1.88. The van der Waals surface area contributed by atoms with Crippen molar-refractivity contribution in [2.24, 2.45) is 0 Å². The summed E-state index contributed by atoms with van der Waals surface area (Å²) in [6.45, 7) is 5.36. The molecule has 0 amide bonds. The summed E-state index contributed by atoms with van der Waals surface area (Å²) in [6, 6.07) is 3.81. The van der Waals surface area contributed by atoms with Crippen molar-refractivity contribution in [3.05, 3.63) is 28.8 Å². The van der Waals surface area contributed by atoms with Crippen molar-refractivity contribution in [2.45, 2.75) is 38.7 Å². The van der Waals surface area contributed by atoms with E-state index in [1.807, 2.05) is 30.9 Å². The zero-order chi connectivity index (χ0) is 15.9. The number of carbonyl (C=O) groups is 2. The molecule has 2 aliphatic rings. The second-order valence-electron chi connectivity index (χ2n) is 6.44. The van der Waals surface area contributed by atoms with Gasteiger partial charge in [0.15, 0.2) is 5.78 Å². The Morgan fingerprint density at radius 3 is 2.64 bits per heavy atom. The van der Waals surface area contributed by atoms with Crippen LogP contribution in [0.15, 0.2) is 12.1 Å². The first kappa shape index (κ1) is 15.0. The van der Waals surface area contributed by atoms with E-state index in [0.29, 0.717) is 37.9 Å². The second-order valence-corrected chi connectivity index (χ2v) is 6.44. The van der Waals surface area contributed by atoms with Crippen molar-refractivity contribution in [3.63, 3.8) is 0 Å². The molecule has 0 bridgehead atoms. The van der Waals surface area contributed by atoms with Crippen LogP contribution in [0.4, 0.5) is 0 Å². The standard InChI is InChI=1S/C17H21NO4/c1-11-3-4-13-14(19)9-17(22-16(13)12(11)2)5-7-18(8-6-17)10-15(20)21/h3-4H,5-10H2,1-2H3,(H,20,21). The van der Waals surface area contributed by atoms with Crippen LogP contribution in [-0.2, 0) is 4.79 Å². The van der Waals surface area contributed by atoms with Crippen molar-refractivity contribution in [3.8, 4) is 5.75 Å². The minimum Gasteiger partial charge on any atom is -0.486 e. The number of aryl methyl sites for hydroxylation is 1. The number of Topliss-reactive ketones (excluding diaryl/α,β-unsaturated/α-hetero) is 1. The van der Waals surface area contributed by atoms with Crippen molar-refractivity contribution >= 4 is 11.8 Å². The first-order chi connectivity index (χ1) is 10.4. The summed E-state index contributed by atoms with van der Waals surface area (Å²) in [5.74, 6) is 0.0485. The van der Waals surface area contributed by atoms with Crippen LogP contribution in [0.5, 0.6) is 5.75 Å². The lowest BCUT2D eigenvalue weighted by atomic mass is 9.81. The van der Waals surface area contributed by atoms with Gasteiger partial charge in [0.1, 0.15) is 11.4 Å². The number of carbonyl (C=O) groups excluding carboxylic acids is 1. The molecule has 1 aromatic rings. The van der Waals surface area contributed by atoms with Gasteiger partial charge < -0.3 is 9.84 Å². The molecular weight excluding hydrogens is 282 g/mol. The number of rotatable bonds is 2. The first-order valence-electron chi connectivity index (χ1n) is 7.67. The predicted octanol–water partition coefficient (Wildman–Crippen LogP) is 2.19. The van der Waals surface area contributed by atoms with Gasteiger partial charge in [-0.2, -0.15) is 0 Å². The molecule has 5 nitrogen and oxygen atoms in total. The third-order valence-corrected chi connectivity index (χ3v) is 4.90. The SMILES string of the molecule is Cc1ccc2c(c1C)OC1(CCN(CC(=O)O)CC1)CC2=O. The molecule has 2 heterocycles. The van der Waals surface area contributed by atoms with Gasteiger partial charge >= 0.3 is 5.97 Å². The van der Waals surface area contributed by atoms with E-state index in [4.69, 9.17) is 9.84 Å².